The summed E-state index contributed by atoms with van der Waals surface area (Å²) in [7, 11) is 0. The Morgan fingerprint density at radius 1 is 1.12 bits per heavy atom. The van der Waals surface area contributed by atoms with Crippen LogP contribution in [-0.4, -0.2) is 18.4 Å². The number of carbonyl (C=O) groups excluding carboxylic acids is 2. The number of benzene rings is 1. The molecular weight excluding hydrogens is 332 g/mol. The fraction of sp³-hybridized carbons (Fsp3) is 0.429. The lowest BCUT2D eigenvalue weighted by atomic mass is 9.90. The van der Waals surface area contributed by atoms with E-state index >= 15 is 0 Å². The van der Waals surface area contributed by atoms with E-state index in [1.54, 1.807) is 0 Å². The molecule has 0 spiro atoms. The van der Waals surface area contributed by atoms with Gasteiger partial charge in [0.05, 0.1) is 0 Å². The zero-order valence-corrected chi connectivity index (χ0v) is 16.1. The second-order valence-electron chi connectivity index (χ2n) is 7.16. The Balaban J connectivity index is 1.66. The van der Waals surface area contributed by atoms with Crippen LogP contribution in [0, 0.1) is 26.7 Å². The monoisotopic (exact) mass is 356 g/mol. The van der Waals surface area contributed by atoms with Gasteiger partial charge in [0.15, 0.2) is 6.61 Å². The van der Waals surface area contributed by atoms with Crippen LogP contribution in [0.3, 0.4) is 0 Å². The van der Waals surface area contributed by atoms with Crippen molar-refractivity contribution in [3.63, 3.8) is 0 Å². The van der Waals surface area contributed by atoms with Gasteiger partial charge >= 0.3 is 5.97 Å². The van der Waals surface area contributed by atoms with E-state index < -0.39 is 0 Å². The third kappa shape index (κ3) is 3.84. The van der Waals surface area contributed by atoms with Crippen LogP contribution in [0.1, 0.15) is 60.5 Å². The van der Waals surface area contributed by atoms with Gasteiger partial charge in [-0.05, 0) is 80.3 Å². The van der Waals surface area contributed by atoms with Crippen molar-refractivity contribution in [1.29, 1.82) is 0 Å². The van der Waals surface area contributed by atoms with Crippen molar-refractivity contribution in [2.24, 2.45) is 5.92 Å². The number of fused-ring (bicyclic) bond motifs is 1. The van der Waals surface area contributed by atoms with Crippen LogP contribution in [0.2, 0.25) is 0 Å². The van der Waals surface area contributed by atoms with Gasteiger partial charge in [-0.3, -0.25) is 4.79 Å². The number of hydrogen-bond acceptors (Lipinski definition) is 4. The SMILES string of the molecule is Cc1cc(C)c(C(=O)COC(=O)c2cc3c(s2)CC[C@H](C)C3)cc1C. The van der Waals surface area contributed by atoms with Gasteiger partial charge < -0.3 is 4.74 Å². The molecule has 0 aliphatic heterocycles. The summed E-state index contributed by atoms with van der Waals surface area (Å²) < 4.78 is 5.30. The van der Waals surface area contributed by atoms with Crippen molar-refractivity contribution in [1.82, 2.24) is 0 Å². The molecule has 0 fully saturated rings. The third-order valence-electron chi connectivity index (χ3n) is 5.01. The zero-order valence-electron chi connectivity index (χ0n) is 15.3. The zero-order chi connectivity index (χ0) is 18.1. The molecule has 132 valence electrons. The summed E-state index contributed by atoms with van der Waals surface area (Å²) in [5.41, 5.74) is 5.05. The maximum absolute atomic E-state index is 12.4. The number of ether oxygens (including phenoxy) is 1. The maximum atomic E-state index is 12.4. The van der Waals surface area contributed by atoms with Crippen molar-refractivity contribution in [2.45, 2.75) is 47.0 Å². The lowest BCUT2D eigenvalue weighted by molar-refractivity contribution is 0.0479. The van der Waals surface area contributed by atoms with E-state index in [4.69, 9.17) is 4.74 Å². The topological polar surface area (TPSA) is 43.4 Å². The normalized spacial score (nSPS) is 16.4. The molecule has 1 heterocycles. The van der Waals surface area contributed by atoms with Crippen LogP contribution in [-0.2, 0) is 17.6 Å². The summed E-state index contributed by atoms with van der Waals surface area (Å²) >= 11 is 1.51. The molecule has 2 aromatic rings. The number of ketones is 1. The lowest BCUT2D eigenvalue weighted by Crippen LogP contribution is -2.15. The first-order valence-corrected chi connectivity index (χ1v) is 9.56. The Morgan fingerprint density at radius 3 is 2.60 bits per heavy atom. The Bertz CT molecular complexity index is 832. The van der Waals surface area contributed by atoms with Crippen molar-refractivity contribution >= 4 is 23.1 Å². The van der Waals surface area contributed by atoms with Crippen LogP contribution in [0.4, 0.5) is 0 Å². The molecule has 3 rings (SSSR count). The summed E-state index contributed by atoms with van der Waals surface area (Å²) in [4.78, 5) is 26.7. The Kier molecular flexibility index (Phi) is 5.09. The maximum Gasteiger partial charge on any atom is 0.348 e. The number of Topliss-reactive ketones (excluding diaryl/α,β-unsaturated/α-hetero) is 1. The van der Waals surface area contributed by atoms with Crippen LogP contribution in [0.5, 0.6) is 0 Å². The molecular formula is C21H24O3S. The predicted octanol–water partition coefficient (Wildman–Crippen LogP) is 4.84. The van der Waals surface area contributed by atoms with Gasteiger partial charge in [-0.15, -0.1) is 11.3 Å². The largest absolute Gasteiger partial charge is 0.453 e. The van der Waals surface area contributed by atoms with Crippen LogP contribution < -0.4 is 0 Å². The second-order valence-corrected chi connectivity index (χ2v) is 8.29. The Morgan fingerprint density at radius 2 is 1.84 bits per heavy atom. The van der Waals surface area contributed by atoms with E-state index in [1.165, 1.54) is 28.2 Å². The van der Waals surface area contributed by atoms with Gasteiger partial charge in [0.1, 0.15) is 4.88 Å². The first-order chi connectivity index (χ1) is 11.8. The quantitative estimate of drug-likeness (QED) is 0.582. The molecule has 25 heavy (non-hydrogen) atoms. The highest BCUT2D eigenvalue weighted by Crippen LogP contribution is 2.32. The summed E-state index contributed by atoms with van der Waals surface area (Å²) in [5, 5.41) is 0. The van der Waals surface area contributed by atoms with Gasteiger partial charge in [-0.2, -0.15) is 0 Å². The molecule has 1 aromatic heterocycles. The van der Waals surface area contributed by atoms with Crippen molar-refractivity contribution in [3.8, 4) is 0 Å². The van der Waals surface area contributed by atoms with Gasteiger partial charge in [0, 0.05) is 10.4 Å². The summed E-state index contributed by atoms with van der Waals surface area (Å²) in [6.45, 7) is 7.95. The minimum atomic E-state index is -0.387. The highest BCUT2D eigenvalue weighted by atomic mass is 32.1. The molecule has 1 aliphatic rings. The molecule has 1 aromatic carbocycles. The minimum absolute atomic E-state index is 0.149. The fourth-order valence-electron chi connectivity index (χ4n) is 3.35. The van der Waals surface area contributed by atoms with E-state index in [0.717, 1.165) is 29.5 Å². The molecule has 4 heteroatoms. The highest BCUT2D eigenvalue weighted by molar-refractivity contribution is 7.14. The van der Waals surface area contributed by atoms with Crippen molar-refractivity contribution < 1.29 is 14.3 Å². The standard InChI is InChI=1S/C21H24O3S/c1-12-5-6-19-16(7-12)10-20(25-19)21(23)24-11-18(22)17-9-14(3)13(2)8-15(17)4/h8-10,12H,5-7,11H2,1-4H3/t12-/m0/s1. The average Bonchev–Trinajstić information content (AvgIpc) is 2.98. The van der Waals surface area contributed by atoms with Crippen LogP contribution >= 0.6 is 11.3 Å². The molecule has 1 atom stereocenters. The molecule has 3 nitrogen and oxygen atoms in total. The third-order valence-corrected chi connectivity index (χ3v) is 6.22. The summed E-state index contributed by atoms with van der Waals surface area (Å²) in [6.07, 6.45) is 3.24. The molecule has 0 N–H and O–H groups in total. The summed E-state index contributed by atoms with van der Waals surface area (Å²) in [6, 6.07) is 5.83. The second kappa shape index (κ2) is 7.12. The molecule has 0 bridgehead atoms. The average molecular weight is 356 g/mol. The van der Waals surface area contributed by atoms with E-state index in [1.807, 2.05) is 39.0 Å². The summed E-state index contributed by atoms with van der Waals surface area (Å²) in [5.74, 6) is 0.131. The van der Waals surface area contributed by atoms with Crippen LogP contribution in [0.15, 0.2) is 18.2 Å². The number of thiophene rings is 1. The van der Waals surface area contributed by atoms with Gasteiger partial charge in [0.2, 0.25) is 5.78 Å². The molecule has 1 aliphatic carbocycles. The molecule has 0 unspecified atom stereocenters. The minimum Gasteiger partial charge on any atom is -0.453 e. The number of carbonyl (C=O) groups is 2. The number of esters is 1. The lowest BCUT2D eigenvalue weighted by Gasteiger charge is -2.16. The first-order valence-electron chi connectivity index (χ1n) is 8.75. The smallest absolute Gasteiger partial charge is 0.348 e. The molecule has 0 saturated heterocycles. The van der Waals surface area contributed by atoms with Gasteiger partial charge in [-0.1, -0.05) is 13.0 Å². The van der Waals surface area contributed by atoms with Gasteiger partial charge in [0.25, 0.3) is 0 Å². The van der Waals surface area contributed by atoms with Gasteiger partial charge in [-0.25, -0.2) is 4.79 Å². The van der Waals surface area contributed by atoms with E-state index in [9.17, 15) is 9.59 Å². The van der Waals surface area contributed by atoms with Crippen LogP contribution in [0.25, 0.3) is 0 Å². The molecule has 0 amide bonds. The first kappa shape index (κ1) is 17.9. The Hall–Kier alpha value is -1.94. The van der Waals surface area contributed by atoms with Crippen molar-refractivity contribution in [3.05, 3.63) is 55.8 Å². The van der Waals surface area contributed by atoms with Crippen molar-refractivity contribution in [2.75, 3.05) is 6.61 Å². The predicted molar refractivity (Wildman–Crippen MR) is 101 cm³/mol. The molecule has 0 saturated carbocycles. The van der Waals surface area contributed by atoms with E-state index in [2.05, 4.69) is 6.92 Å². The number of rotatable bonds is 4. The number of aryl methyl sites for hydroxylation is 4. The molecule has 0 radical (unpaired) electrons. The van der Waals surface area contributed by atoms with E-state index in [-0.39, 0.29) is 18.4 Å². The Labute approximate surface area is 153 Å². The van der Waals surface area contributed by atoms with E-state index in [0.29, 0.717) is 16.4 Å². The highest BCUT2D eigenvalue weighted by Gasteiger charge is 2.22. The number of hydrogen-bond donors (Lipinski definition) is 0. The fourth-order valence-corrected chi connectivity index (χ4v) is 4.45.